The van der Waals surface area contributed by atoms with Crippen molar-refractivity contribution in [3.8, 4) is 0 Å². The Balaban J connectivity index is 4.75. The summed E-state index contributed by atoms with van der Waals surface area (Å²) in [6.45, 7) is -4.58. The molecule has 0 saturated heterocycles. The Morgan fingerprint density at radius 2 is 1.56 bits per heavy atom. The van der Waals surface area contributed by atoms with Crippen LogP contribution in [-0.2, 0) is 0 Å². The van der Waals surface area contributed by atoms with Crippen LogP contribution in [0.4, 0.5) is 22.0 Å². The van der Waals surface area contributed by atoms with Crippen LogP contribution in [0.15, 0.2) is 0 Å². The Labute approximate surface area is 49.9 Å². The average molecular weight is 152 g/mol. The van der Waals surface area contributed by atoms with Gasteiger partial charge >= 0.3 is 12.1 Å². The van der Waals surface area contributed by atoms with Crippen molar-refractivity contribution in [3.63, 3.8) is 0 Å². The molecule has 1 N–H and O–H groups in total. The molecular weight excluding hydrogens is 147 g/mol. The molecule has 0 aliphatic carbocycles. The number of rotatable bonds is 1. The van der Waals surface area contributed by atoms with Gasteiger partial charge in [0.15, 0.2) is 0 Å². The second-order valence-corrected chi connectivity index (χ2v) is 1.18. The summed E-state index contributed by atoms with van der Waals surface area (Å²) in [6.07, 6.45) is -6.08. The fraction of sp³-hybridized carbons (Fsp3) is 1.00. The molecular formula is C3H3F5O. The second-order valence-electron chi connectivity index (χ2n) is 1.18. The molecule has 0 heterocycles. The first-order valence-corrected chi connectivity index (χ1v) is 1.67. The van der Waals surface area contributed by atoms with E-state index in [0.29, 0.717) is 0 Å². The molecule has 0 radical (unpaired) electrons. The van der Waals surface area contributed by atoms with Crippen LogP contribution in [-0.4, -0.2) is 23.8 Å². The minimum absolute atomic E-state index is 4.58. The van der Waals surface area contributed by atoms with E-state index in [-0.39, 0.29) is 0 Å². The normalized spacial score (nSPS) is 18.9. The summed E-state index contributed by atoms with van der Waals surface area (Å²) < 4.78 is 68.4. The largest absolute Gasteiger partial charge is 0.455 e. The third kappa shape index (κ3) is 1.78. The van der Waals surface area contributed by atoms with Crippen LogP contribution >= 0.6 is 0 Å². The van der Waals surface area contributed by atoms with E-state index in [9.17, 15) is 22.0 Å². The Kier molecular flexibility index (Phi) is 1.25. The maximum Gasteiger partial charge on any atom is 0.455 e. The SMILES string of the molecule is [2H]C([2H])(O)C(F)(F)C(F)(F)F. The predicted molar refractivity (Wildman–Crippen MR) is 18.1 cm³/mol. The van der Waals surface area contributed by atoms with Gasteiger partial charge in [0.1, 0.15) is 6.56 Å². The Morgan fingerprint density at radius 3 is 1.56 bits per heavy atom. The molecule has 56 valence electrons. The van der Waals surface area contributed by atoms with E-state index in [1.807, 2.05) is 0 Å². The zero-order valence-electron chi connectivity index (χ0n) is 5.84. The third-order valence-corrected chi connectivity index (χ3v) is 0.496. The standard InChI is InChI=1S/C3H3F5O/c4-2(5,1-9)3(6,7)8/h9H,1H2/i1D2. The first-order valence-electron chi connectivity index (χ1n) is 2.67. The van der Waals surface area contributed by atoms with Crippen molar-refractivity contribution in [3.05, 3.63) is 0 Å². The van der Waals surface area contributed by atoms with Crippen LogP contribution in [0.3, 0.4) is 0 Å². The quantitative estimate of drug-likeness (QED) is 0.559. The molecule has 0 spiro atoms. The van der Waals surface area contributed by atoms with Crippen LogP contribution in [0.5, 0.6) is 0 Å². The van der Waals surface area contributed by atoms with E-state index >= 15 is 0 Å². The van der Waals surface area contributed by atoms with Gasteiger partial charge in [-0.2, -0.15) is 22.0 Å². The molecule has 1 nitrogen and oxygen atoms in total. The van der Waals surface area contributed by atoms with E-state index < -0.39 is 18.7 Å². The zero-order valence-corrected chi connectivity index (χ0v) is 3.84. The maximum atomic E-state index is 11.7. The molecule has 0 saturated carbocycles. The Morgan fingerprint density at radius 1 is 1.22 bits per heavy atom. The number of aliphatic hydroxyl groups is 1. The summed E-state index contributed by atoms with van der Waals surface area (Å²) in [6, 6.07) is 0. The summed E-state index contributed by atoms with van der Waals surface area (Å²) in [5, 5.41) is 7.74. The van der Waals surface area contributed by atoms with Crippen molar-refractivity contribution in [2.75, 3.05) is 6.56 Å². The molecule has 0 aromatic rings. The molecule has 6 heteroatoms. The van der Waals surface area contributed by atoms with Crippen LogP contribution in [0.25, 0.3) is 0 Å². The number of halogens is 5. The van der Waals surface area contributed by atoms with Gasteiger partial charge in [-0.3, -0.25) is 0 Å². The van der Waals surface area contributed by atoms with Gasteiger partial charge in [0.2, 0.25) is 0 Å². The molecule has 0 aliphatic rings. The first-order chi connectivity index (χ1) is 4.50. The molecule has 0 fully saturated rings. The van der Waals surface area contributed by atoms with Crippen LogP contribution in [0, 0.1) is 0 Å². The molecule has 0 unspecified atom stereocenters. The van der Waals surface area contributed by atoms with Crippen LogP contribution < -0.4 is 0 Å². The van der Waals surface area contributed by atoms with Gasteiger partial charge in [0.05, 0.1) is 2.74 Å². The van der Waals surface area contributed by atoms with Crippen molar-refractivity contribution in [2.24, 2.45) is 0 Å². The van der Waals surface area contributed by atoms with Crippen molar-refractivity contribution in [1.82, 2.24) is 0 Å². The lowest BCUT2D eigenvalue weighted by Gasteiger charge is -2.15. The van der Waals surface area contributed by atoms with Gasteiger partial charge in [-0.1, -0.05) is 0 Å². The van der Waals surface area contributed by atoms with E-state index in [4.69, 9.17) is 7.85 Å². The number of alkyl halides is 5. The molecule has 9 heavy (non-hydrogen) atoms. The van der Waals surface area contributed by atoms with Gasteiger partial charge in [-0.25, -0.2) is 0 Å². The topological polar surface area (TPSA) is 20.2 Å². The van der Waals surface area contributed by atoms with Crippen molar-refractivity contribution >= 4 is 0 Å². The maximum absolute atomic E-state index is 11.7. The Bertz CT molecular complexity index is 131. The summed E-state index contributed by atoms with van der Waals surface area (Å²) in [7, 11) is 0. The lowest BCUT2D eigenvalue weighted by molar-refractivity contribution is -0.292. The molecule has 0 bridgehead atoms. The van der Waals surface area contributed by atoms with Gasteiger partial charge < -0.3 is 5.11 Å². The summed E-state index contributed by atoms with van der Waals surface area (Å²) in [5.41, 5.74) is 0. The second kappa shape index (κ2) is 2.09. The van der Waals surface area contributed by atoms with Gasteiger partial charge in [-0.05, 0) is 0 Å². The monoisotopic (exact) mass is 152 g/mol. The van der Waals surface area contributed by atoms with E-state index in [1.54, 1.807) is 0 Å². The summed E-state index contributed by atoms with van der Waals surface area (Å²) in [5.74, 6) is -5.74. The first kappa shape index (κ1) is 5.40. The van der Waals surface area contributed by atoms with Crippen molar-refractivity contribution in [2.45, 2.75) is 12.1 Å². The highest BCUT2D eigenvalue weighted by molar-refractivity contribution is 4.73. The lowest BCUT2D eigenvalue weighted by atomic mass is 10.3. The van der Waals surface area contributed by atoms with Crippen molar-refractivity contribution < 1.29 is 29.8 Å². The molecule has 0 aromatic heterocycles. The van der Waals surface area contributed by atoms with Gasteiger partial charge in [0, 0.05) is 0 Å². The zero-order chi connectivity index (χ0) is 9.50. The fourth-order valence-corrected chi connectivity index (χ4v) is 0.0634. The average Bonchev–Trinajstić information content (AvgIpc) is 1.58. The third-order valence-electron chi connectivity index (χ3n) is 0.496. The number of hydrogen-bond acceptors (Lipinski definition) is 1. The molecule has 0 aromatic carbocycles. The molecule has 0 amide bonds. The minimum Gasteiger partial charge on any atom is -0.390 e. The minimum atomic E-state index is -6.08. The summed E-state index contributed by atoms with van der Waals surface area (Å²) in [4.78, 5) is 0. The van der Waals surface area contributed by atoms with E-state index in [2.05, 4.69) is 0 Å². The highest BCUT2D eigenvalue weighted by Gasteiger charge is 2.56. The molecule has 0 atom stereocenters. The molecule has 0 aliphatic heterocycles. The van der Waals surface area contributed by atoms with Gasteiger partial charge in [-0.15, -0.1) is 0 Å². The van der Waals surface area contributed by atoms with Gasteiger partial charge in [0.25, 0.3) is 0 Å². The molecule has 0 rings (SSSR count). The smallest absolute Gasteiger partial charge is 0.390 e. The lowest BCUT2D eigenvalue weighted by Crippen LogP contribution is -2.39. The van der Waals surface area contributed by atoms with Crippen LogP contribution in [0.1, 0.15) is 2.74 Å². The number of hydrogen-bond donors (Lipinski definition) is 1. The van der Waals surface area contributed by atoms with E-state index in [1.165, 1.54) is 0 Å². The predicted octanol–water partition coefficient (Wildman–Crippen LogP) is 1.18. The summed E-state index contributed by atoms with van der Waals surface area (Å²) >= 11 is 0. The van der Waals surface area contributed by atoms with E-state index in [0.717, 1.165) is 0 Å². The highest BCUT2D eigenvalue weighted by Crippen LogP contribution is 2.34. The fourth-order valence-electron chi connectivity index (χ4n) is 0.0634. The highest BCUT2D eigenvalue weighted by atomic mass is 19.4. The van der Waals surface area contributed by atoms with Crippen LogP contribution in [0.2, 0.25) is 0 Å². The van der Waals surface area contributed by atoms with Crippen molar-refractivity contribution in [1.29, 1.82) is 0 Å². The Hall–Kier alpha value is -0.390.